The second kappa shape index (κ2) is 6.32. The van der Waals surface area contributed by atoms with Crippen LogP contribution >= 0.6 is 0 Å². The minimum atomic E-state index is -0.973. The zero-order chi connectivity index (χ0) is 19.1. The molecule has 5 heteroatoms. The molecule has 0 fully saturated rings. The number of anilines is 2. The smallest absolute Gasteiger partial charge is 0.335 e. The van der Waals surface area contributed by atoms with E-state index in [9.17, 15) is 9.90 Å². The van der Waals surface area contributed by atoms with E-state index in [0.717, 1.165) is 27.2 Å². The van der Waals surface area contributed by atoms with Crippen molar-refractivity contribution in [2.24, 2.45) is 0 Å². The third-order valence-electron chi connectivity index (χ3n) is 4.86. The van der Waals surface area contributed by atoms with Crippen molar-refractivity contribution in [1.29, 1.82) is 0 Å². The lowest BCUT2D eigenvalue weighted by molar-refractivity contribution is 0.0697. The van der Waals surface area contributed by atoms with Crippen LogP contribution in [0, 0.1) is 0 Å². The maximum Gasteiger partial charge on any atom is 0.335 e. The molecular formula is C23H15N3O2. The lowest BCUT2D eigenvalue weighted by Crippen LogP contribution is -1.99. The molecule has 0 saturated heterocycles. The molecule has 134 valence electrons. The van der Waals surface area contributed by atoms with Gasteiger partial charge in [-0.15, -0.1) is 0 Å². The zero-order valence-electron chi connectivity index (χ0n) is 14.8. The second-order valence-corrected chi connectivity index (χ2v) is 6.61. The summed E-state index contributed by atoms with van der Waals surface area (Å²) in [5, 5.41) is 17.7. The molecule has 0 aliphatic carbocycles. The summed E-state index contributed by atoms with van der Waals surface area (Å²) in [5.41, 5.74) is 1.74. The number of carboxylic acid groups (broad SMARTS) is 1. The number of aromatic carboxylic acids is 1. The Bertz CT molecular complexity index is 1380. The molecular weight excluding hydrogens is 350 g/mol. The average Bonchev–Trinajstić information content (AvgIpc) is 2.73. The lowest BCUT2D eigenvalue weighted by Gasteiger charge is -2.12. The highest BCUT2D eigenvalue weighted by Gasteiger charge is 2.11. The van der Waals surface area contributed by atoms with Gasteiger partial charge in [0.2, 0.25) is 0 Å². The molecule has 5 rings (SSSR count). The molecule has 0 saturated carbocycles. The van der Waals surface area contributed by atoms with Crippen LogP contribution < -0.4 is 5.32 Å². The monoisotopic (exact) mass is 365 g/mol. The third kappa shape index (κ3) is 2.70. The Balaban J connectivity index is 1.70. The number of benzene rings is 3. The standard InChI is InChI=1S/C23H15N3O2/c27-23(28)16-6-8-18-20-13-24-10-9-19(20)22(26-21(18)12-16)25-17-7-5-14-3-1-2-4-15(14)11-17/h1-13H,(H,25,26)(H,27,28). The van der Waals surface area contributed by atoms with Crippen molar-refractivity contribution in [2.45, 2.75) is 0 Å². The summed E-state index contributed by atoms with van der Waals surface area (Å²) in [6, 6.07) is 21.2. The fourth-order valence-electron chi connectivity index (χ4n) is 3.48. The fourth-order valence-corrected chi connectivity index (χ4v) is 3.48. The molecule has 2 N–H and O–H groups in total. The topological polar surface area (TPSA) is 75.1 Å². The molecule has 0 aliphatic rings. The molecule has 0 spiro atoms. The van der Waals surface area contributed by atoms with Crippen LogP contribution in [0.15, 0.2) is 79.1 Å². The van der Waals surface area contributed by atoms with Gasteiger partial charge in [-0.3, -0.25) is 4.98 Å². The van der Waals surface area contributed by atoms with E-state index in [0.29, 0.717) is 11.3 Å². The van der Waals surface area contributed by atoms with Gasteiger partial charge in [0, 0.05) is 34.2 Å². The Hall–Kier alpha value is -3.99. The average molecular weight is 365 g/mol. The van der Waals surface area contributed by atoms with Crippen molar-refractivity contribution in [3.8, 4) is 0 Å². The number of rotatable bonds is 3. The number of carbonyl (C=O) groups is 1. The lowest BCUT2D eigenvalue weighted by atomic mass is 10.1. The normalized spacial score (nSPS) is 11.1. The van der Waals surface area contributed by atoms with E-state index in [1.807, 2.05) is 24.3 Å². The Morgan fingerprint density at radius 1 is 0.857 bits per heavy atom. The molecule has 0 radical (unpaired) electrons. The third-order valence-corrected chi connectivity index (χ3v) is 4.86. The van der Waals surface area contributed by atoms with Crippen LogP contribution in [-0.2, 0) is 0 Å². The molecule has 0 amide bonds. The predicted octanol–water partition coefficient (Wildman–Crippen LogP) is 5.38. The van der Waals surface area contributed by atoms with Crippen LogP contribution in [0.3, 0.4) is 0 Å². The van der Waals surface area contributed by atoms with Gasteiger partial charge in [-0.2, -0.15) is 0 Å². The Labute approximate surface area is 160 Å². The first kappa shape index (κ1) is 16.2. The number of hydrogen-bond acceptors (Lipinski definition) is 4. The van der Waals surface area contributed by atoms with Crippen molar-refractivity contribution < 1.29 is 9.90 Å². The summed E-state index contributed by atoms with van der Waals surface area (Å²) < 4.78 is 0. The number of carboxylic acids is 1. The quantitative estimate of drug-likeness (QED) is 0.420. The summed E-state index contributed by atoms with van der Waals surface area (Å²) in [7, 11) is 0. The Kier molecular flexibility index (Phi) is 3.66. The van der Waals surface area contributed by atoms with Gasteiger partial charge in [0.1, 0.15) is 5.82 Å². The van der Waals surface area contributed by atoms with Gasteiger partial charge in [-0.25, -0.2) is 9.78 Å². The maximum atomic E-state index is 11.4. The summed E-state index contributed by atoms with van der Waals surface area (Å²) in [4.78, 5) is 20.3. The first-order valence-corrected chi connectivity index (χ1v) is 8.86. The van der Waals surface area contributed by atoms with Crippen LogP contribution in [0.1, 0.15) is 10.4 Å². The number of nitrogens with zero attached hydrogens (tertiary/aromatic N) is 2. The van der Waals surface area contributed by atoms with Crippen molar-refractivity contribution in [3.05, 3.63) is 84.7 Å². The molecule has 3 aromatic carbocycles. The van der Waals surface area contributed by atoms with E-state index < -0.39 is 5.97 Å². The highest BCUT2D eigenvalue weighted by atomic mass is 16.4. The largest absolute Gasteiger partial charge is 0.478 e. The van der Waals surface area contributed by atoms with Crippen molar-refractivity contribution in [2.75, 3.05) is 5.32 Å². The van der Waals surface area contributed by atoms with E-state index in [1.165, 1.54) is 5.39 Å². The van der Waals surface area contributed by atoms with Crippen molar-refractivity contribution in [3.63, 3.8) is 0 Å². The van der Waals surface area contributed by atoms with Crippen molar-refractivity contribution in [1.82, 2.24) is 9.97 Å². The second-order valence-electron chi connectivity index (χ2n) is 6.61. The highest BCUT2D eigenvalue weighted by Crippen LogP contribution is 2.31. The van der Waals surface area contributed by atoms with Crippen molar-refractivity contribution >= 4 is 49.9 Å². The van der Waals surface area contributed by atoms with E-state index in [1.54, 1.807) is 30.6 Å². The van der Waals surface area contributed by atoms with Gasteiger partial charge in [-0.1, -0.05) is 36.4 Å². The maximum absolute atomic E-state index is 11.4. The Morgan fingerprint density at radius 2 is 1.71 bits per heavy atom. The predicted molar refractivity (Wildman–Crippen MR) is 111 cm³/mol. The van der Waals surface area contributed by atoms with E-state index in [-0.39, 0.29) is 5.56 Å². The van der Waals surface area contributed by atoms with E-state index in [2.05, 4.69) is 34.6 Å². The van der Waals surface area contributed by atoms with Gasteiger partial charge < -0.3 is 10.4 Å². The first-order chi connectivity index (χ1) is 13.7. The van der Waals surface area contributed by atoms with Crippen LogP contribution in [0.2, 0.25) is 0 Å². The molecule has 0 aliphatic heterocycles. The van der Waals surface area contributed by atoms with Gasteiger partial charge in [0.15, 0.2) is 0 Å². The molecule has 0 atom stereocenters. The van der Waals surface area contributed by atoms with Crippen LogP contribution in [0.4, 0.5) is 11.5 Å². The molecule has 2 heterocycles. The fraction of sp³-hybridized carbons (Fsp3) is 0. The zero-order valence-corrected chi connectivity index (χ0v) is 14.8. The van der Waals surface area contributed by atoms with Crippen LogP contribution in [0.5, 0.6) is 0 Å². The summed E-state index contributed by atoms with van der Waals surface area (Å²) >= 11 is 0. The minimum absolute atomic E-state index is 0.208. The molecule has 0 unspecified atom stereocenters. The summed E-state index contributed by atoms with van der Waals surface area (Å²) in [5.74, 6) is -0.304. The van der Waals surface area contributed by atoms with Gasteiger partial charge in [0.25, 0.3) is 0 Å². The minimum Gasteiger partial charge on any atom is -0.478 e. The Morgan fingerprint density at radius 3 is 2.57 bits per heavy atom. The number of pyridine rings is 2. The molecule has 5 nitrogen and oxygen atoms in total. The van der Waals surface area contributed by atoms with E-state index in [4.69, 9.17) is 4.98 Å². The van der Waals surface area contributed by atoms with Crippen LogP contribution in [-0.4, -0.2) is 21.0 Å². The van der Waals surface area contributed by atoms with Gasteiger partial charge in [-0.05, 0) is 41.1 Å². The molecule has 2 aromatic heterocycles. The van der Waals surface area contributed by atoms with Gasteiger partial charge >= 0.3 is 5.97 Å². The highest BCUT2D eigenvalue weighted by molar-refractivity contribution is 6.11. The summed E-state index contributed by atoms with van der Waals surface area (Å²) in [6.07, 6.45) is 3.51. The molecule has 0 bridgehead atoms. The SMILES string of the molecule is O=C(O)c1ccc2c(c1)nc(Nc1ccc3ccccc3c1)c1ccncc12. The molecule has 28 heavy (non-hydrogen) atoms. The van der Waals surface area contributed by atoms with Gasteiger partial charge in [0.05, 0.1) is 11.1 Å². The number of fused-ring (bicyclic) bond motifs is 4. The summed E-state index contributed by atoms with van der Waals surface area (Å²) in [6.45, 7) is 0. The number of hydrogen-bond donors (Lipinski definition) is 2. The number of nitrogens with one attached hydrogen (secondary N) is 1. The first-order valence-electron chi connectivity index (χ1n) is 8.86. The van der Waals surface area contributed by atoms with Crippen LogP contribution in [0.25, 0.3) is 32.4 Å². The molecule has 5 aromatic rings. The number of aromatic nitrogens is 2. The van der Waals surface area contributed by atoms with E-state index >= 15 is 0 Å².